The molecule has 3 heterocycles. The first kappa shape index (κ1) is 18.3. The van der Waals surface area contributed by atoms with Gasteiger partial charge in [0.05, 0.1) is 5.69 Å². The Labute approximate surface area is 161 Å². The average molecular weight is 399 g/mol. The van der Waals surface area contributed by atoms with Crippen molar-refractivity contribution in [2.24, 2.45) is 0 Å². The molecular weight excluding hydrogens is 387 g/mol. The highest BCUT2D eigenvalue weighted by Crippen LogP contribution is 2.27. The van der Waals surface area contributed by atoms with Crippen molar-refractivity contribution in [3.8, 4) is 17.2 Å². The summed E-state index contributed by atoms with van der Waals surface area (Å²) in [5, 5.41) is 12.6. The molecule has 0 atom stereocenters. The molecule has 0 fully saturated rings. The monoisotopic (exact) mass is 399 g/mol. The largest absolute Gasteiger partial charge is 0.435 e. The zero-order chi connectivity index (χ0) is 20.4. The van der Waals surface area contributed by atoms with E-state index in [1.807, 2.05) is 0 Å². The molecule has 4 aromatic rings. The molecule has 0 unspecified atom stereocenters. The Hall–Kier alpha value is -4.02. The second-order valence-corrected chi connectivity index (χ2v) is 5.87. The molecule has 3 aromatic heterocycles. The number of H-pyrrole nitrogens is 1. The van der Waals surface area contributed by atoms with Gasteiger partial charge in [0, 0.05) is 18.0 Å². The Bertz CT molecular complexity index is 1130. The van der Waals surface area contributed by atoms with Crippen LogP contribution in [0.3, 0.4) is 0 Å². The number of halogens is 3. The highest BCUT2D eigenvalue weighted by atomic mass is 19.4. The SMILES string of the molecule is O=C(Nc1n[nH]c(-c2ccccn2)n1)c1ccc(-n2ccc(C(F)(F)F)n2)cc1. The molecule has 0 saturated carbocycles. The molecule has 0 spiro atoms. The first-order valence-corrected chi connectivity index (χ1v) is 8.28. The number of benzene rings is 1. The minimum Gasteiger partial charge on any atom is -0.289 e. The van der Waals surface area contributed by atoms with E-state index in [-0.39, 0.29) is 11.5 Å². The molecule has 146 valence electrons. The van der Waals surface area contributed by atoms with Crippen LogP contribution >= 0.6 is 0 Å². The van der Waals surface area contributed by atoms with Gasteiger partial charge in [0.25, 0.3) is 5.91 Å². The number of anilines is 1. The fourth-order valence-corrected chi connectivity index (χ4v) is 2.49. The summed E-state index contributed by atoms with van der Waals surface area (Å²) in [6, 6.07) is 12.1. The lowest BCUT2D eigenvalue weighted by atomic mass is 10.2. The molecule has 0 saturated heterocycles. The number of aromatic amines is 1. The zero-order valence-corrected chi connectivity index (χ0v) is 14.6. The molecule has 11 heteroatoms. The van der Waals surface area contributed by atoms with Crippen molar-refractivity contribution >= 4 is 11.9 Å². The van der Waals surface area contributed by atoms with E-state index in [0.717, 1.165) is 10.7 Å². The van der Waals surface area contributed by atoms with Crippen molar-refractivity contribution < 1.29 is 18.0 Å². The van der Waals surface area contributed by atoms with Crippen LogP contribution in [-0.4, -0.2) is 35.9 Å². The normalized spacial score (nSPS) is 11.4. The van der Waals surface area contributed by atoms with E-state index >= 15 is 0 Å². The van der Waals surface area contributed by atoms with E-state index in [4.69, 9.17) is 0 Å². The van der Waals surface area contributed by atoms with Gasteiger partial charge in [0.1, 0.15) is 5.69 Å². The molecule has 29 heavy (non-hydrogen) atoms. The zero-order valence-electron chi connectivity index (χ0n) is 14.6. The predicted molar refractivity (Wildman–Crippen MR) is 96.1 cm³/mol. The van der Waals surface area contributed by atoms with Crippen LogP contribution in [0.1, 0.15) is 16.1 Å². The van der Waals surface area contributed by atoms with E-state index in [9.17, 15) is 18.0 Å². The molecule has 0 aliphatic rings. The van der Waals surface area contributed by atoms with Crippen molar-refractivity contribution in [2.45, 2.75) is 6.18 Å². The molecule has 8 nitrogen and oxygen atoms in total. The van der Waals surface area contributed by atoms with E-state index in [0.29, 0.717) is 17.2 Å². The van der Waals surface area contributed by atoms with Crippen LogP contribution < -0.4 is 5.32 Å². The molecule has 4 rings (SSSR count). The van der Waals surface area contributed by atoms with Crippen molar-refractivity contribution in [2.75, 3.05) is 5.32 Å². The lowest BCUT2D eigenvalue weighted by molar-refractivity contribution is -0.141. The van der Waals surface area contributed by atoms with Crippen LogP contribution in [0, 0.1) is 0 Å². The van der Waals surface area contributed by atoms with Gasteiger partial charge in [-0.1, -0.05) is 6.07 Å². The first-order valence-electron chi connectivity index (χ1n) is 8.28. The number of nitrogens with one attached hydrogen (secondary N) is 2. The van der Waals surface area contributed by atoms with Gasteiger partial charge < -0.3 is 0 Å². The van der Waals surface area contributed by atoms with Gasteiger partial charge in [0.2, 0.25) is 5.95 Å². The number of hydrogen-bond acceptors (Lipinski definition) is 5. The molecule has 2 N–H and O–H groups in total. The Kier molecular flexibility index (Phi) is 4.55. The third-order valence-corrected chi connectivity index (χ3v) is 3.89. The van der Waals surface area contributed by atoms with Gasteiger partial charge in [-0.25, -0.2) is 4.68 Å². The van der Waals surface area contributed by atoms with Crippen LogP contribution in [-0.2, 0) is 6.18 Å². The number of carbonyl (C=O) groups excluding carboxylic acids is 1. The van der Waals surface area contributed by atoms with E-state index < -0.39 is 17.8 Å². The third-order valence-electron chi connectivity index (χ3n) is 3.89. The highest BCUT2D eigenvalue weighted by molar-refractivity contribution is 6.03. The van der Waals surface area contributed by atoms with E-state index in [2.05, 4.69) is 30.6 Å². The Morgan fingerprint density at radius 3 is 2.52 bits per heavy atom. The maximum Gasteiger partial charge on any atom is 0.435 e. The van der Waals surface area contributed by atoms with Crippen LogP contribution in [0.4, 0.5) is 19.1 Å². The summed E-state index contributed by atoms with van der Waals surface area (Å²) in [4.78, 5) is 20.6. The van der Waals surface area contributed by atoms with Crippen molar-refractivity contribution in [3.63, 3.8) is 0 Å². The minimum absolute atomic E-state index is 0.0709. The standard InChI is InChI=1S/C18H12F3N7O/c19-18(20,21)14-8-10-28(27-14)12-6-4-11(5-7-12)16(29)24-17-23-15(25-26-17)13-3-1-2-9-22-13/h1-10H,(H2,23,24,25,26,29). The summed E-state index contributed by atoms with van der Waals surface area (Å²) in [6.45, 7) is 0. The number of pyridine rings is 1. The summed E-state index contributed by atoms with van der Waals surface area (Å²) in [5.41, 5.74) is 0.239. The van der Waals surface area contributed by atoms with Crippen molar-refractivity contribution in [1.29, 1.82) is 0 Å². The number of aromatic nitrogens is 6. The van der Waals surface area contributed by atoms with Gasteiger partial charge in [0.15, 0.2) is 11.5 Å². The Morgan fingerprint density at radius 1 is 1.07 bits per heavy atom. The summed E-state index contributed by atoms with van der Waals surface area (Å²) >= 11 is 0. The van der Waals surface area contributed by atoms with Gasteiger partial charge in [-0.2, -0.15) is 23.3 Å². The number of rotatable bonds is 4. The minimum atomic E-state index is -4.52. The first-order chi connectivity index (χ1) is 13.9. The molecule has 0 bridgehead atoms. The summed E-state index contributed by atoms with van der Waals surface area (Å²) in [6.07, 6.45) is -1.71. The van der Waals surface area contributed by atoms with Gasteiger partial charge in [-0.05, 0) is 42.5 Å². The summed E-state index contributed by atoms with van der Waals surface area (Å²) in [5.74, 6) is -0.00316. The molecular formula is C18H12F3N7O. The van der Waals surface area contributed by atoms with Crippen LogP contribution in [0.15, 0.2) is 60.9 Å². The lowest BCUT2D eigenvalue weighted by Crippen LogP contribution is -2.13. The maximum atomic E-state index is 12.7. The Morgan fingerprint density at radius 2 is 1.86 bits per heavy atom. The highest BCUT2D eigenvalue weighted by Gasteiger charge is 2.33. The topological polar surface area (TPSA) is 101 Å². The van der Waals surface area contributed by atoms with Gasteiger partial charge in [-0.3, -0.25) is 20.2 Å². The van der Waals surface area contributed by atoms with Crippen molar-refractivity contribution in [3.05, 3.63) is 72.2 Å². The molecule has 0 aliphatic heterocycles. The fraction of sp³-hybridized carbons (Fsp3) is 0.0556. The maximum absolute atomic E-state index is 12.7. The Balaban J connectivity index is 1.46. The number of nitrogens with zero attached hydrogens (tertiary/aromatic N) is 5. The second kappa shape index (κ2) is 7.19. The number of hydrogen-bond donors (Lipinski definition) is 2. The van der Waals surface area contributed by atoms with Gasteiger partial charge in [-0.15, -0.1) is 5.10 Å². The molecule has 0 aliphatic carbocycles. The van der Waals surface area contributed by atoms with Gasteiger partial charge >= 0.3 is 6.18 Å². The van der Waals surface area contributed by atoms with E-state index in [1.54, 1.807) is 24.4 Å². The van der Waals surface area contributed by atoms with Crippen LogP contribution in [0.2, 0.25) is 0 Å². The second-order valence-electron chi connectivity index (χ2n) is 5.87. The number of alkyl halides is 3. The van der Waals surface area contributed by atoms with Crippen LogP contribution in [0.5, 0.6) is 0 Å². The molecule has 0 radical (unpaired) electrons. The van der Waals surface area contributed by atoms with E-state index in [1.165, 1.54) is 30.5 Å². The summed E-state index contributed by atoms with van der Waals surface area (Å²) < 4.78 is 39.1. The molecule has 1 amide bonds. The number of amides is 1. The number of carbonyl (C=O) groups is 1. The smallest absolute Gasteiger partial charge is 0.289 e. The molecule has 1 aromatic carbocycles. The third kappa shape index (κ3) is 3.98. The predicted octanol–water partition coefficient (Wildman–Crippen LogP) is 3.32. The van der Waals surface area contributed by atoms with Crippen molar-refractivity contribution in [1.82, 2.24) is 29.9 Å². The average Bonchev–Trinajstić information content (AvgIpc) is 3.38. The fourth-order valence-electron chi connectivity index (χ4n) is 2.49. The lowest BCUT2D eigenvalue weighted by Gasteiger charge is -2.05. The summed E-state index contributed by atoms with van der Waals surface area (Å²) in [7, 11) is 0. The van der Waals surface area contributed by atoms with Crippen LogP contribution in [0.25, 0.3) is 17.2 Å². The quantitative estimate of drug-likeness (QED) is 0.548.